The lowest BCUT2D eigenvalue weighted by molar-refractivity contribution is -0.117. The smallest absolute Gasteiger partial charge is 0.272 e. The summed E-state index contributed by atoms with van der Waals surface area (Å²) in [7, 11) is 0. The number of rotatable bonds is 4. The van der Waals surface area contributed by atoms with Gasteiger partial charge in [-0.25, -0.2) is 0 Å². The van der Waals surface area contributed by atoms with Gasteiger partial charge in [-0.15, -0.1) is 0 Å². The fraction of sp³-hybridized carbons (Fsp3) is 0.421. The predicted molar refractivity (Wildman–Crippen MR) is 97.9 cm³/mol. The van der Waals surface area contributed by atoms with Gasteiger partial charge in [-0.3, -0.25) is 14.7 Å². The molecule has 2 aliphatic heterocycles. The van der Waals surface area contributed by atoms with Crippen molar-refractivity contribution in [3.8, 4) is 0 Å². The zero-order chi connectivity index (χ0) is 18.1. The van der Waals surface area contributed by atoms with Crippen LogP contribution in [-0.4, -0.2) is 35.1 Å². The number of carbonyl (C=O) groups excluding carboxylic acids is 2. The van der Waals surface area contributed by atoms with Gasteiger partial charge in [-0.05, 0) is 31.0 Å². The molecular formula is C19H23N5O2. The standard InChI is InChI=1S/C19H23N5O2/c1-12(13-4-2-5-14(10-13)24-9-3-6-17(24)25)21-19(26)18-15-11-20-8-7-16(15)22-23-18/h2,4-5,10,12,20H,3,6-9,11H2,1H3,(H,21,26)(H,22,23). The first-order valence-corrected chi connectivity index (χ1v) is 9.11. The summed E-state index contributed by atoms with van der Waals surface area (Å²) in [5.41, 5.74) is 4.32. The van der Waals surface area contributed by atoms with E-state index in [0.29, 0.717) is 18.7 Å². The zero-order valence-electron chi connectivity index (χ0n) is 14.8. The molecule has 1 atom stereocenters. The number of aromatic amines is 1. The number of aromatic nitrogens is 2. The summed E-state index contributed by atoms with van der Waals surface area (Å²) in [5, 5.41) is 13.5. The van der Waals surface area contributed by atoms with Gasteiger partial charge in [0.2, 0.25) is 5.91 Å². The van der Waals surface area contributed by atoms with Crippen molar-refractivity contribution in [2.45, 2.75) is 38.8 Å². The highest BCUT2D eigenvalue weighted by Crippen LogP contribution is 2.25. The second-order valence-corrected chi connectivity index (χ2v) is 6.90. The SMILES string of the molecule is CC(NC(=O)c1n[nH]c2c1CNCC2)c1cccc(N2CCCC2=O)c1. The molecule has 0 aliphatic carbocycles. The average molecular weight is 353 g/mol. The van der Waals surface area contributed by atoms with Crippen LogP contribution in [0.4, 0.5) is 5.69 Å². The minimum Gasteiger partial charge on any atom is -0.344 e. The number of amides is 2. The van der Waals surface area contributed by atoms with Gasteiger partial charge in [0.05, 0.1) is 6.04 Å². The first-order chi connectivity index (χ1) is 12.6. The van der Waals surface area contributed by atoms with Crippen molar-refractivity contribution in [2.24, 2.45) is 0 Å². The van der Waals surface area contributed by atoms with Crippen LogP contribution in [0.2, 0.25) is 0 Å². The topological polar surface area (TPSA) is 90.1 Å². The minimum absolute atomic E-state index is 0.162. The number of anilines is 1. The number of fused-ring (bicyclic) bond motifs is 1. The largest absolute Gasteiger partial charge is 0.344 e. The molecule has 2 aliphatic rings. The maximum Gasteiger partial charge on any atom is 0.272 e. The molecular weight excluding hydrogens is 330 g/mol. The molecule has 3 N–H and O–H groups in total. The lowest BCUT2D eigenvalue weighted by Crippen LogP contribution is -2.30. The number of carbonyl (C=O) groups is 2. The number of hydrogen-bond acceptors (Lipinski definition) is 4. The lowest BCUT2D eigenvalue weighted by Gasteiger charge is -2.20. The molecule has 1 saturated heterocycles. The summed E-state index contributed by atoms with van der Waals surface area (Å²) >= 11 is 0. The van der Waals surface area contributed by atoms with Crippen LogP contribution in [0.25, 0.3) is 0 Å². The Morgan fingerprint density at radius 2 is 2.23 bits per heavy atom. The number of hydrogen-bond donors (Lipinski definition) is 3. The second kappa shape index (κ2) is 6.92. The fourth-order valence-electron chi connectivity index (χ4n) is 3.64. The first kappa shape index (κ1) is 16.8. The molecule has 0 radical (unpaired) electrons. The fourth-order valence-corrected chi connectivity index (χ4v) is 3.64. The first-order valence-electron chi connectivity index (χ1n) is 9.11. The van der Waals surface area contributed by atoms with Crippen molar-refractivity contribution in [3.63, 3.8) is 0 Å². The maximum absolute atomic E-state index is 12.7. The molecule has 1 aromatic carbocycles. The van der Waals surface area contributed by atoms with Crippen molar-refractivity contribution in [2.75, 3.05) is 18.0 Å². The summed E-state index contributed by atoms with van der Waals surface area (Å²) < 4.78 is 0. The Morgan fingerprint density at radius 3 is 3.04 bits per heavy atom. The van der Waals surface area contributed by atoms with Crippen molar-refractivity contribution in [1.82, 2.24) is 20.8 Å². The summed E-state index contributed by atoms with van der Waals surface area (Å²) in [5.74, 6) is -0.0177. The van der Waals surface area contributed by atoms with Crippen LogP contribution in [-0.2, 0) is 17.8 Å². The molecule has 1 fully saturated rings. The number of benzene rings is 1. The summed E-state index contributed by atoms with van der Waals surface area (Å²) in [6.07, 6.45) is 2.36. The van der Waals surface area contributed by atoms with Gasteiger partial charge < -0.3 is 15.5 Å². The van der Waals surface area contributed by atoms with E-state index in [9.17, 15) is 9.59 Å². The van der Waals surface area contributed by atoms with Crippen LogP contribution in [0.1, 0.15) is 53.1 Å². The average Bonchev–Trinajstić information content (AvgIpc) is 3.28. The molecule has 0 bridgehead atoms. The van der Waals surface area contributed by atoms with Gasteiger partial charge in [0.25, 0.3) is 5.91 Å². The number of nitrogens with one attached hydrogen (secondary N) is 3. The summed E-state index contributed by atoms with van der Waals surface area (Å²) in [6.45, 7) is 4.26. The Kier molecular flexibility index (Phi) is 4.46. The zero-order valence-corrected chi connectivity index (χ0v) is 14.8. The molecule has 2 aromatic rings. The van der Waals surface area contributed by atoms with E-state index >= 15 is 0 Å². The van der Waals surface area contributed by atoms with E-state index in [1.165, 1.54) is 0 Å². The highest BCUT2D eigenvalue weighted by Gasteiger charge is 2.24. The van der Waals surface area contributed by atoms with E-state index in [0.717, 1.165) is 48.4 Å². The van der Waals surface area contributed by atoms with Crippen LogP contribution in [0.5, 0.6) is 0 Å². The lowest BCUT2D eigenvalue weighted by atomic mass is 10.0. The van der Waals surface area contributed by atoms with Gasteiger partial charge in [0.15, 0.2) is 5.69 Å². The Bertz CT molecular complexity index is 844. The van der Waals surface area contributed by atoms with Crippen LogP contribution >= 0.6 is 0 Å². The van der Waals surface area contributed by atoms with Crippen molar-refractivity contribution in [3.05, 3.63) is 46.8 Å². The summed E-state index contributed by atoms with van der Waals surface area (Å²) in [4.78, 5) is 26.4. The van der Waals surface area contributed by atoms with Crippen LogP contribution in [0.15, 0.2) is 24.3 Å². The van der Waals surface area contributed by atoms with Gasteiger partial charge in [0, 0.05) is 49.4 Å². The van der Waals surface area contributed by atoms with Gasteiger partial charge >= 0.3 is 0 Å². The molecule has 0 spiro atoms. The third-order valence-electron chi connectivity index (χ3n) is 5.12. The molecule has 7 nitrogen and oxygen atoms in total. The van der Waals surface area contributed by atoms with Crippen molar-refractivity contribution < 1.29 is 9.59 Å². The third kappa shape index (κ3) is 3.10. The highest BCUT2D eigenvalue weighted by molar-refractivity contribution is 5.96. The number of nitrogens with zero attached hydrogens (tertiary/aromatic N) is 2. The van der Waals surface area contributed by atoms with Crippen molar-refractivity contribution >= 4 is 17.5 Å². The normalized spacial score (nSPS) is 17.9. The van der Waals surface area contributed by atoms with E-state index < -0.39 is 0 Å². The van der Waals surface area contributed by atoms with E-state index in [-0.39, 0.29) is 17.9 Å². The molecule has 1 aromatic heterocycles. The molecule has 136 valence electrons. The molecule has 4 rings (SSSR count). The monoisotopic (exact) mass is 353 g/mol. The quantitative estimate of drug-likeness (QED) is 0.780. The molecule has 7 heteroatoms. The number of H-pyrrole nitrogens is 1. The van der Waals surface area contributed by atoms with Gasteiger partial charge in [0.1, 0.15) is 0 Å². The Morgan fingerprint density at radius 1 is 1.35 bits per heavy atom. The van der Waals surface area contributed by atoms with Crippen LogP contribution < -0.4 is 15.5 Å². The predicted octanol–water partition coefficient (Wildman–Crippen LogP) is 1.67. The second-order valence-electron chi connectivity index (χ2n) is 6.90. The van der Waals surface area contributed by atoms with E-state index in [1.54, 1.807) is 0 Å². The highest BCUT2D eigenvalue weighted by atomic mass is 16.2. The van der Waals surface area contributed by atoms with E-state index in [4.69, 9.17) is 0 Å². The van der Waals surface area contributed by atoms with Crippen LogP contribution in [0.3, 0.4) is 0 Å². The molecule has 3 heterocycles. The van der Waals surface area contributed by atoms with Crippen molar-refractivity contribution in [1.29, 1.82) is 0 Å². The summed E-state index contributed by atoms with van der Waals surface area (Å²) in [6, 6.07) is 7.65. The van der Waals surface area contributed by atoms with Crippen LogP contribution in [0, 0.1) is 0 Å². The molecule has 2 amide bonds. The third-order valence-corrected chi connectivity index (χ3v) is 5.12. The molecule has 0 saturated carbocycles. The Labute approximate surface area is 152 Å². The molecule has 26 heavy (non-hydrogen) atoms. The Hall–Kier alpha value is -2.67. The van der Waals surface area contributed by atoms with E-state index in [1.807, 2.05) is 36.1 Å². The van der Waals surface area contributed by atoms with E-state index in [2.05, 4.69) is 20.8 Å². The molecule has 1 unspecified atom stereocenters. The Balaban J connectivity index is 1.49. The minimum atomic E-state index is -0.179. The van der Waals surface area contributed by atoms with Gasteiger partial charge in [-0.1, -0.05) is 12.1 Å². The van der Waals surface area contributed by atoms with Gasteiger partial charge in [-0.2, -0.15) is 5.10 Å². The maximum atomic E-state index is 12.7.